The summed E-state index contributed by atoms with van der Waals surface area (Å²) < 4.78 is 4.66. The second-order valence-electron chi connectivity index (χ2n) is 5.55. The third kappa shape index (κ3) is 3.76. The van der Waals surface area contributed by atoms with E-state index in [0.717, 1.165) is 11.1 Å². The van der Waals surface area contributed by atoms with Gasteiger partial charge in [-0.3, -0.25) is 4.79 Å². The Hall–Kier alpha value is -3.11. The van der Waals surface area contributed by atoms with Crippen LogP contribution in [-0.2, 0) is 4.74 Å². The normalized spacial score (nSPS) is 10.2. The molecule has 0 atom stereocenters. The van der Waals surface area contributed by atoms with Gasteiger partial charge in [0.25, 0.3) is 5.91 Å². The van der Waals surface area contributed by atoms with Gasteiger partial charge in [0.05, 0.1) is 17.7 Å². The van der Waals surface area contributed by atoms with Crippen molar-refractivity contribution in [3.05, 3.63) is 88.9 Å². The van der Waals surface area contributed by atoms with E-state index in [9.17, 15) is 9.59 Å². The number of methoxy groups -OCH3 is 1. The van der Waals surface area contributed by atoms with Gasteiger partial charge in [0.15, 0.2) is 0 Å². The number of anilines is 1. The highest BCUT2D eigenvalue weighted by atomic mass is 35.5. The summed E-state index contributed by atoms with van der Waals surface area (Å²) in [5.74, 6) is -0.784. The van der Waals surface area contributed by atoms with Crippen molar-refractivity contribution in [2.75, 3.05) is 12.4 Å². The van der Waals surface area contributed by atoms with Crippen molar-refractivity contribution in [3.63, 3.8) is 0 Å². The van der Waals surface area contributed by atoms with Gasteiger partial charge in [-0.1, -0.05) is 60.1 Å². The van der Waals surface area contributed by atoms with Crippen LogP contribution in [-0.4, -0.2) is 19.0 Å². The summed E-state index contributed by atoms with van der Waals surface area (Å²) in [7, 11) is 1.29. The van der Waals surface area contributed by atoms with Crippen molar-refractivity contribution in [1.82, 2.24) is 0 Å². The molecule has 3 aromatic carbocycles. The Morgan fingerprint density at radius 3 is 2.27 bits per heavy atom. The van der Waals surface area contributed by atoms with Gasteiger partial charge in [0, 0.05) is 11.3 Å². The van der Waals surface area contributed by atoms with Gasteiger partial charge in [0.2, 0.25) is 0 Å². The number of esters is 1. The van der Waals surface area contributed by atoms with E-state index in [1.165, 1.54) is 19.2 Å². The molecule has 0 aliphatic heterocycles. The molecular formula is C21H16ClNO3. The lowest BCUT2D eigenvalue weighted by molar-refractivity contribution is 0.0601. The van der Waals surface area contributed by atoms with Crippen LogP contribution in [0.4, 0.5) is 5.69 Å². The molecule has 26 heavy (non-hydrogen) atoms. The Morgan fingerprint density at radius 2 is 1.58 bits per heavy atom. The number of nitrogens with one attached hydrogen (secondary N) is 1. The molecule has 0 unspecified atom stereocenters. The highest BCUT2D eigenvalue weighted by molar-refractivity contribution is 6.34. The number of carbonyl (C=O) groups is 2. The van der Waals surface area contributed by atoms with E-state index in [2.05, 4.69) is 10.1 Å². The maximum absolute atomic E-state index is 12.7. The first-order chi connectivity index (χ1) is 12.6. The molecule has 1 amide bonds. The van der Waals surface area contributed by atoms with Gasteiger partial charge in [-0.25, -0.2) is 4.79 Å². The monoisotopic (exact) mass is 365 g/mol. The van der Waals surface area contributed by atoms with E-state index >= 15 is 0 Å². The predicted molar refractivity (Wildman–Crippen MR) is 103 cm³/mol. The van der Waals surface area contributed by atoms with Crippen molar-refractivity contribution < 1.29 is 14.3 Å². The van der Waals surface area contributed by atoms with Crippen molar-refractivity contribution in [3.8, 4) is 11.1 Å². The molecule has 3 rings (SSSR count). The van der Waals surface area contributed by atoms with Crippen LogP contribution in [0, 0.1) is 0 Å². The Kier molecular flexibility index (Phi) is 5.34. The number of carbonyl (C=O) groups excluding carboxylic acids is 2. The third-order valence-electron chi connectivity index (χ3n) is 3.89. The van der Waals surface area contributed by atoms with Crippen molar-refractivity contribution in [1.29, 1.82) is 0 Å². The fourth-order valence-electron chi connectivity index (χ4n) is 2.62. The molecule has 4 nitrogen and oxygen atoms in total. The molecule has 0 aliphatic rings. The van der Waals surface area contributed by atoms with E-state index in [4.69, 9.17) is 11.6 Å². The quantitative estimate of drug-likeness (QED) is 0.658. The van der Waals surface area contributed by atoms with Gasteiger partial charge in [-0.15, -0.1) is 0 Å². The SMILES string of the molecule is COC(=O)c1ccc(NC(=O)c2ccccc2-c2ccccc2)cc1Cl. The number of halogens is 1. The molecule has 0 aliphatic carbocycles. The molecule has 0 fully saturated rings. The summed E-state index contributed by atoms with van der Waals surface area (Å²) in [5, 5.41) is 3.03. The molecule has 0 bridgehead atoms. The third-order valence-corrected chi connectivity index (χ3v) is 4.20. The lowest BCUT2D eigenvalue weighted by Crippen LogP contribution is -2.13. The highest BCUT2D eigenvalue weighted by Gasteiger charge is 2.15. The topological polar surface area (TPSA) is 55.4 Å². The van der Waals surface area contributed by atoms with Crippen molar-refractivity contribution >= 4 is 29.2 Å². The molecule has 0 saturated carbocycles. The first-order valence-electron chi connectivity index (χ1n) is 7.94. The average Bonchev–Trinajstić information content (AvgIpc) is 2.68. The molecule has 3 aromatic rings. The molecule has 0 saturated heterocycles. The highest BCUT2D eigenvalue weighted by Crippen LogP contribution is 2.26. The van der Waals surface area contributed by atoms with E-state index < -0.39 is 5.97 Å². The first kappa shape index (κ1) is 17.7. The van der Waals surface area contributed by atoms with Crippen LogP contribution in [0.3, 0.4) is 0 Å². The van der Waals surface area contributed by atoms with Gasteiger partial charge in [-0.05, 0) is 35.4 Å². The summed E-state index contributed by atoms with van der Waals surface area (Å²) in [6.07, 6.45) is 0. The van der Waals surface area contributed by atoms with E-state index in [1.807, 2.05) is 48.5 Å². The minimum Gasteiger partial charge on any atom is -0.465 e. The molecule has 1 N–H and O–H groups in total. The zero-order chi connectivity index (χ0) is 18.5. The van der Waals surface area contributed by atoms with Crippen LogP contribution in [0.2, 0.25) is 5.02 Å². The zero-order valence-electron chi connectivity index (χ0n) is 14.0. The first-order valence-corrected chi connectivity index (χ1v) is 8.31. The maximum Gasteiger partial charge on any atom is 0.339 e. The standard InChI is InChI=1S/C21H16ClNO3/c1-26-21(25)18-12-11-15(13-19(18)22)23-20(24)17-10-6-5-9-16(17)14-7-3-2-4-8-14/h2-13H,1H3,(H,23,24). The van der Waals surface area contributed by atoms with Gasteiger partial charge in [0.1, 0.15) is 0 Å². The Balaban J connectivity index is 1.88. The molecule has 0 spiro atoms. The van der Waals surface area contributed by atoms with E-state index in [1.54, 1.807) is 12.1 Å². The molecule has 0 heterocycles. The summed E-state index contributed by atoms with van der Waals surface area (Å²) in [5.41, 5.74) is 3.08. The Morgan fingerprint density at radius 1 is 0.885 bits per heavy atom. The van der Waals surface area contributed by atoms with Crippen LogP contribution in [0.1, 0.15) is 20.7 Å². The van der Waals surface area contributed by atoms with Gasteiger partial charge in [-0.2, -0.15) is 0 Å². The van der Waals surface area contributed by atoms with Gasteiger partial charge >= 0.3 is 5.97 Å². The van der Waals surface area contributed by atoms with E-state index in [0.29, 0.717) is 11.3 Å². The molecule has 5 heteroatoms. The number of hydrogen-bond donors (Lipinski definition) is 1. The second kappa shape index (κ2) is 7.85. The number of hydrogen-bond acceptors (Lipinski definition) is 3. The molecule has 130 valence electrons. The summed E-state index contributed by atoms with van der Waals surface area (Å²) in [6.45, 7) is 0. The zero-order valence-corrected chi connectivity index (χ0v) is 14.8. The van der Waals surface area contributed by atoms with Crippen LogP contribution < -0.4 is 5.32 Å². The summed E-state index contributed by atoms with van der Waals surface area (Å²) in [6, 6.07) is 21.7. The van der Waals surface area contributed by atoms with Crippen molar-refractivity contribution in [2.45, 2.75) is 0 Å². The summed E-state index contributed by atoms with van der Waals surface area (Å²) in [4.78, 5) is 24.3. The molecule has 0 radical (unpaired) electrons. The van der Waals surface area contributed by atoms with Crippen LogP contribution in [0.25, 0.3) is 11.1 Å². The van der Waals surface area contributed by atoms with Crippen LogP contribution >= 0.6 is 11.6 Å². The van der Waals surface area contributed by atoms with E-state index in [-0.39, 0.29) is 16.5 Å². The smallest absolute Gasteiger partial charge is 0.339 e. The summed E-state index contributed by atoms with van der Waals surface area (Å²) >= 11 is 6.11. The largest absolute Gasteiger partial charge is 0.465 e. The minimum atomic E-state index is -0.526. The number of ether oxygens (including phenoxy) is 1. The fraction of sp³-hybridized carbons (Fsp3) is 0.0476. The Bertz CT molecular complexity index is 954. The fourth-order valence-corrected chi connectivity index (χ4v) is 2.88. The number of amides is 1. The minimum absolute atomic E-state index is 0.214. The van der Waals surface area contributed by atoms with Crippen molar-refractivity contribution in [2.24, 2.45) is 0 Å². The van der Waals surface area contributed by atoms with Crippen LogP contribution in [0.15, 0.2) is 72.8 Å². The van der Waals surface area contributed by atoms with Gasteiger partial charge < -0.3 is 10.1 Å². The molecule has 0 aromatic heterocycles. The predicted octanol–water partition coefficient (Wildman–Crippen LogP) is 5.05. The second-order valence-corrected chi connectivity index (χ2v) is 5.96. The lowest BCUT2D eigenvalue weighted by Gasteiger charge is -2.11. The average molecular weight is 366 g/mol. The Labute approximate surface area is 156 Å². The lowest BCUT2D eigenvalue weighted by atomic mass is 9.99. The molecular weight excluding hydrogens is 350 g/mol. The number of benzene rings is 3. The van der Waals surface area contributed by atoms with Crippen LogP contribution in [0.5, 0.6) is 0 Å². The number of rotatable bonds is 4. The maximum atomic E-state index is 12.7.